The average molecular weight is 588 g/mol. The molecule has 0 aliphatic carbocycles. The minimum absolute atomic E-state index is 0.0134. The third-order valence-corrected chi connectivity index (χ3v) is 6.57. The Morgan fingerprint density at radius 2 is 1.56 bits per heavy atom. The molecule has 10 heteroatoms. The molecule has 4 aromatic rings. The summed E-state index contributed by atoms with van der Waals surface area (Å²) in [6.07, 6.45) is 5.29. The van der Waals surface area contributed by atoms with Crippen molar-refractivity contribution in [2.45, 2.75) is 12.8 Å². The van der Waals surface area contributed by atoms with Crippen LogP contribution in [0, 0.1) is 0 Å². The minimum Gasteiger partial charge on any atom is -0.481 e. The molecule has 198 valence electrons. The molecule has 0 saturated heterocycles. The Balaban J connectivity index is 1.39. The summed E-state index contributed by atoms with van der Waals surface area (Å²) >= 11 is 3.42. The number of carboxylic acid groups (broad SMARTS) is 1. The van der Waals surface area contributed by atoms with Gasteiger partial charge in [-0.05, 0) is 60.0 Å². The molecule has 0 radical (unpaired) electrons. The lowest BCUT2D eigenvalue weighted by Gasteiger charge is -2.11. The number of benzene rings is 2. The van der Waals surface area contributed by atoms with Crippen molar-refractivity contribution in [3.63, 3.8) is 0 Å². The van der Waals surface area contributed by atoms with Crippen molar-refractivity contribution < 1.29 is 19.5 Å². The number of pyridine rings is 2. The molecular weight excluding hydrogens is 562 g/mol. The second kappa shape index (κ2) is 12.3. The van der Waals surface area contributed by atoms with Crippen molar-refractivity contribution in [2.75, 3.05) is 24.7 Å². The number of nitrogens with one attached hydrogen (secondary N) is 2. The molecule has 2 amide bonds. The van der Waals surface area contributed by atoms with Crippen LogP contribution in [0.25, 0.3) is 11.1 Å². The maximum absolute atomic E-state index is 12.8. The number of hydrogen-bond donors (Lipinski definition) is 3. The molecule has 2 heterocycles. The van der Waals surface area contributed by atoms with Crippen LogP contribution in [-0.4, -0.2) is 51.9 Å². The predicted molar refractivity (Wildman–Crippen MR) is 153 cm³/mol. The number of carbonyl (C=O) groups is 3. The van der Waals surface area contributed by atoms with E-state index in [0.717, 1.165) is 16.7 Å². The zero-order valence-electron chi connectivity index (χ0n) is 21.3. The van der Waals surface area contributed by atoms with E-state index in [4.69, 9.17) is 5.11 Å². The lowest BCUT2D eigenvalue weighted by atomic mass is 10.1. The van der Waals surface area contributed by atoms with Gasteiger partial charge >= 0.3 is 5.97 Å². The zero-order valence-corrected chi connectivity index (χ0v) is 22.9. The Hall–Kier alpha value is -4.57. The molecule has 2 aromatic heterocycles. The predicted octanol–water partition coefficient (Wildman–Crippen LogP) is 5.62. The fraction of sp³-hybridized carbons (Fsp3) is 0.138. The number of halogens is 1. The molecule has 0 unspecified atom stereocenters. The average Bonchev–Trinajstić information content (AvgIpc) is 2.92. The summed E-state index contributed by atoms with van der Waals surface area (Å²) in [6.45, 7) is 0. The molecule has 3 N–H and O–H groups in total. The van der Waals surface area contributed by atoms with Crippen molar-refractivity contribution in [1.82, 2.24) is 14.9 Å². The standard InChI is InChI=1S/C29H26BrN5O4/c1-35(2)29(39)20-6-3-18(4-7-20)22-9-11-26(32-15-22)33-23-14-24(17-31-16-23)34-28(38)21-8-5-19(25(30)13-21)10-12-27(36)37/h3-9,11,13-17H,10,12H2,1-2H3,(H,32,33)(H,34,38)(H,36,37). The largest absolute Gasteiger partial charge is 0.481 e. The first-order valence-corrected chi connectivity index (χ1v) is 12.8. The topological polar surface area (TPSA) is 125 Å². The van der Waals surface area contributed by atoms with Crippen molar-refractivity contribution in [3.05, 3.63) is 100 Å². The van der Waals surface area contributed by atoms with Gasteiger partial charge in [-0.1, -0.05) is 34.1 Å². The van der Waals surface area contributed by atoms with Gasteiger partial charge in [-0.3, -0.25) is 19.4 Å². The van der Waals surface area contributed by atoms with Gasteiger partial charge in [0.05, 0.1) is 23.8 Å². The smallest absolute Gasteiger partial charge is 0.303 e. The van der Waals surface area contributed by atoms with Crippen molar-refractivity contribution >= 4 is 50.9 Å². The highest BCUT2D eigenvalue weighted by atomic mass is 79.9. The summed E-state index contributed by atoms with van der Waals surface area (Å²) in [5.74, 6) is -0.644. The van der Waals surface area contributed by atoms with E-state index < -0.39 is 5.97 Å². The first-order chi connectivity index (χ1) is 18.7. The second-order valence-electron chi connectivity index (χ2n) is 8.95. The van der Waals surface area contributed by atoms with Crippen LogP contribution in [0.15, 0.2) is 83.7 Å². The molecule has 0 spiro atoms. The number of nitrogens with zero attached hydrogens (tertiary/aromatic N) is 3. The van der Waals surface area contributed by atoms with Crippen LogP contribution in [0.1, 0.15) is 32.7 Å². The molecule has 4 rings (SSSR count). The fourth-order valence-electron chi connectivity index (χ4n) is 3.76. The number of aromatic nitrogens is 2. The van der Waals surface area contributed by atoms with E-state index in [0.29, 0.717) is 39.2 Å². The molecule has 0 saturated carbocycles. The van der Waals surface area contributed by atoms with E-state index >= 15 is 0 Å². The highest BCUT2D eigenvalue weighted by Gasteiger charge is 2.11. The molecule has 0 bridgehead atoms. The van der Waals surface area contributed by atoms with Crippen LogP contribution in [0.3, 0.4) is 0 Å². The van der Waals surface area contributed by atoms with Gasteiger partial charge in [0.25, 0.3) is 11.8 Å². The number of amides is 2. The van der Waals surface area contributed by atoms with Crippen LogP contribution in [-0.2, 0) is 11.2 Å². The highest BCUT2D eigenvalue weighted by Crippen LogP contribution is 2.24. The van der Waals surface area contributed by atoms with Gasteiger partial charge in [0, 0.05) is 47.9 Å². The third kappa shape index (κ3) is 7.26. The van der Waals surface area contributed by atoms with Gasteiger partial charge < -0.3 is 20.6 Å². The Kier molecular flexibility index (Phi) is 8.67. The third-order valence-electron chi connectivity index (χ3n) is 5.83. The Labute approximate surface area is 234 Å². The number of anilines is 3. The van der Waals surface area contributed by atoms with Crippen molar-refractivity contribution in [2.24, 2.45) is 0 Å². The van der Waals surface area contributed by atoms with E-state index in [-0.39, 0.29) is 18.2 Å². The SMILES string of the molecule is CN(C)C(=O)c1ccc(-c2ccc(Nc3cncc(NC(=O)c4ccc(CCC(=O)O)c(Br)c4)c3)nc2)cc1. The van der Waals surface area contributed by atoms with Crippen LogP contribution in [0.4, 0.5) is 17.2 Å². The second-order valence-corrected chi connectivity index (χ2v) is 9.80. The highest BCUT2D eigenvalue weighted by molar-refractivity contribution is 9.10. The number of carboxylic acids is 1. The van der Waals surface area contributed by atoms with E-state index in [1.807, 2.05) is 24.3 Å². The van der Waals surface area contributed by atoms with Crippen LogP contribution in [0.2, 0.25) is 0 Å². The van der Waals surface area contributed by atoms with Gasteiger partial charge in [-0.15, -0.1) is 0 Å². The Morgan fingerprint density at radius 1 is 0.872 bits per heavy atom. The number of aliphatic carboxylic acids is 1. The van der Waals surface area contributed by atoms with E-state index in [1.165, 1.54) is 4.90 Å². The van der Waals surface area contributed by atoms with E-state index in [1.54, 1.807) is 69.1 Å². The first-order valence-electron chi connectivity index (χ1n) is 12.0. The van der Waals surface area contributed by atoms with Crippen LogP contribution in [0.5, 0.6) is 0 Å². The Morgan fingerprint density at radius 3 is 2.21 bits per heavy atom. The summed E-state index contributed by atoms with van der Waals surface area (Å²) in [5, 5.41) is 14.9. The molecule has 0 aliphatic rings. The van der Waals surface area contributed by atoms with Gasteiger partial charge in [-0.25, -0.2) is 4.98 Å². The maximum Gasteiger partial charge on any atom is 0.303 e. The van der Waals surface area contributed by atoms with Crippen molar-refractivity contribution in [3.8, 4) is 11.1 Å². The summed E-state index contributed by atoms with van der Waals surface area (Å²) in [5.41, 5.74) is 4.85. The molecule has 9 nitrogen and oxygen atoms in total. The van der Waals surface area contributed by atoms with Gasteiger partial charge in [0.15, 0.2) is 0 Å². The summed E-state index contributed by atoms with van der Waals surface area (Å²) < 4.78 is 0.678. The van der Waals surface area contributed by atoms with Gasteiger partial charge in [0.1, 0.15) is 5.82 Å². The van der Waals surface area contributed by atoms with E-state index in [9.17, 15) is 14.4 Å². The van der Waals surface area contributed by atoms with Crippen LogP contribution >= 0.6 is 15.9 Å². The molecule has 0 fully saturated rings. The monoisotopic (exact) mass is 587 g/mol. The number of carbonyl (C=O) groups excluding carboxylic acids is 2. The fourth-order valence-corrected chi connectivity index (χ4v) is 4.34. The normalized spacial score (nSPS) is 10.5. The molecule has 0 aliphatic heterocycles. The Bertz CT molecular complexity index is 1510. The van der Waals surface area contributed by atoms with Gasteiger partial charge in [0.2, 0.25) is 0 Å². The zero-order chi connectivity index (χ0) is 27.9. The van der Waals surface area contributed by atoms with E-state index in [2.05, 4.69) is 36.5 Å². The maximum atomic E-state index is 12.8. The minimum atomic E-state index is -0.875. The van der Waals surface area contributed by atoms with Gasteiger partial charge in [-0.2, -0.15) is 0 Å². The first kappa shape index (κ1) is 27.5. The summed E-state index contributed by atoms with van der Waals surface area (Å²) in [4.78, 5) is 45.9. The molecule has 39 heavy (non-hydrogen) atoms. The number of rotatable bonds is 9. The quantitative estimate of drug-likeness (QED) is 0.232. The molecule has 2 aromatic carbocycles. The summed E-state index contributed by atoms with van der Waals surface area (Å²) in [7, 11) is 3.44. The lowest BCUT2D eigenvalue weighted by Crippen LogP contribution is -2.21. The number of aryl methyl sites for hydroxylation is 1. The van der Waals surface area contributed by atoms with Crippen LogP contribution < -0.4 is 10.6 Å². The molecule has 0 atom stereocenters. The summed E-state index contributed by atoms with van der Waals surface area (Å²) in [6, 6.07) is 17.9. The number of hydrogen-bond acceptors (Lipinski definition) is 6. The lowest BCUT2D eigenvalue weighted by molar-refractivity contribution is -0.136. The molecular formula is C29H26BrN5O4. The van der Waals surface area contributed by atoms with Crippen molar-refractivity contribution in [1.29, 1.82) is 0 Å².